The van der Waals surface area contributed by atoms with Gasteiger partial charge in [0.05, 0.1) is 0 Å². The van der Waals surface area contributed by atoms with Gasteiger partial charge in [0, 0.05) is 21.0 Å². The molecular weight excluding hydrogens is 274 g/mol. The molecule has 100 valence electrons. The molecule has 0 bridgehead atoms. The number of hydrogen-bond donors (Lipinski definition) is 3. The molecule has 1 aromatic heterocycles. The van der Waals surface area contributed by atoms with E-state index in [2.05, 4.69) is 20.6 Å². The summed E-state index contributed by atoms with van der Waals surface area (Å²) < 4.78 is 0. The van der Waals surface area contributed by atoms with E-state index in [4.69, 9.17) is 5.73 Å². The summed E-state index contributed by atoms with van der Waals surface area (Å²) in [4.78, 5) is 1.71. The number of phenols is 1. The molecule has 6 nitrogen and oxygen atoms in total. The fraction of sp³-hybridized carbons (Fsp3) is 0. The number of hydrogen-bond acceptors (Lipinski definition) is 6. The molecule has 0 amide bonds. The lowest BCUT2D eigenvalue weighted by Crippen LogP contribution is -1.89. The van der Waals surface area contributed by atoms with E-state index in [1.54, 1.807) is 18.2 Å². The third-order valence-electron chi connectivity index (χ3n) is 2.69. The molecule has 0 aliphatic heterocycles. The first-order chi connectivity index (χ1) is 9.74. The highest BCUT2D eigenvalue weighted by atomic mass is 32.2. The van der Waals surface area contributed by atoms with E-state index in [-0.39, 0.29) is 5.75 Å². The first-order valence-corrected chi connectivity index (χ1v) is 6.65. The van der Waals surface area contributed by atoms with Gasteiger partial charge >= 0.3 is 0 Å². The Morgan fingerprint density at radius 2 is 1.95 bits per heavy atom. The Labute approximate surface area is 119 Å². The Morgan fingerprint density at radius 1 is 1.10 bits per heavy atom. The van der Waals surface area contributed by atoms with Crippen LogP contribution < -0.4 is 5.73 Å². The van der Waals surface area contributed by atoms with Crippen molar-refractivity contribution >= 4 is 17.4 Å². The van der Waals surface area contributed by atoms with Gasteiger partial charge in [0.1, 0.15) is 5.75 Å². The van der Waals surface area contributed by atoms with E-state index in [1.807, 2.05) is 24.3 Å². The summed E-state index contributed by atoms with van der Waals surface area (Å²) in [5.41, 5.74) is 7.40. The minimum absolute atomic E-state index is 0.175. The van der Waals surface area contributed by atoms with Gasteiger partial charge in [-0.25, -0.2) is 0 Å². The predicted octanol–water partition coefficient (Wildman–Crippen LogP) is 2.31. The highest BCUT2D eigenvalue weighted by Gasteiger charge is 2.12. The van der Waals surface area contributed by atoms with Crippen LogP contribution in [-0.2, 0) is 0 Å². The lowest BCUT2D eigenvalue weighted by molar-refractivity contribution is 0.474. The number of nitrogen functional groups attached to an aromatic ring is 1. The number of rotatable bonds is 3. The average Bonchev–Trinajstić information content (AvgIpc) is 2.95. The van der Waals surface area contributed by atoms with Crippen molar-refractivity contribution in [3.05, 3.63) is 42.5 Å². The second-order valence-corrected chi connectivity index (χ2v) is 5.14. The number of aromatic hydroxyl groups is 1. The molecule has 7 heteroatoms. The molecule has 3 aromatic rings. The monoisotopic (exact) mass is 285 g/mol. The van der Waals surface area contributed by atoms with Crippen LogP contribution in [0.2, 0.25) is 0 Å². The number of para-hydroxylation sites is 1. The zero-order valence-corrected chi connectivity index (χ0v) is 11.1. The minimum atomic E-state index is 0.175. The van der Waals surface area contributed by atoms with Crippen molar-refractivity contribution < 1.29 is 5.11 Å². The zero-order valence-electron chi connectivity index (χ0n) is 10.3. The summed E-state index contributed by atoms with van der Waals surface area (Å²) in [5.74, 6) is 0.649. The van der Waals surface area contributed by atoms with Crippen molar-refractivity contribution in [3.63, 3.8) is 0 Å². The average molecular weight is 285 g/mol. The van der Waals surface area contributed by atoms with Gasteiger partial charge in [-0.05, 0) is 35.5 Å². The van der Waals surface area contributed by atoms with Crippen LogP contribution >= 0.6 is 11.8 Å². The molecule has 3 rings (SSSR count). The summed E-state index contributed by atoms with van der Waals surface area (Å²) in [6, 6.07) is 12.5. The van der Waals surface area contributed by atoms with Gasteiger partial charge < -0.3 is 10.8 Å². The number of tetrazole rings is 1. The number of anilines is 1. The van der Waals surface area contributed by atoms with Crippen molar-refractivity contribution in [2.75, 3.05) is 5.73 Å². The van der Waals surface area contributed by atoms with E-state index < -0.39 is 0 Å². The number of nitrogens with zero attached hydrogens (tertiary/aromatic N) is 3. The molecule has 0 saturated carbocycles. The lowest BCUT2D eigenvalue weighted by atomic mass is 10.2. The zero-order chi connectivity index (χ0) is 13.9. The standard InChI is InChI=1S/C13H11N5OS/c14-10-3-1-2-4-11(10)20-12-7-8(19)5-6-9(12)13-15-17-18-16-13/h1-7,19H,14H2,(H,15,16,17,18). The topological polar surface area (TPSA) is 101 Å². The summed E-state index contributed by atoms with van der Waals surface area (Å²) in [6.07, 6.45) is 0. The Bertz CT molecular complexity index is 729. The van der Waals surface area contributed by atoms with Gasteiger partial charge in [-0.3, -0.25) is 0 Å². The van der Waals surface area contributed by atoms with Crippen LogP contribution in [0.15, 0.2) is 52.3 Å². The molecule has 0 radical (unpaired) electrons. The maximum atomic E-state index is 9.67. The Hall–Kier alpha value is -2.54. The van der Waals surface area contributed by atoms with Crippen molar-refractivity contribution in [2.24, 2.45) is 0 Å². The minimum Gasteiger partial charge on any atom is -0.508 e. The molecule has 0 saturated heterocycles. The summed E-state index contributed by atoms with van der Waals surface area (Å²) in [7, 11) is 0. The summed E-state index contributed by atoms with van der Waals surface area (Å²) in [6.45, 7) is 0. The Balaban J connectivity index is 2.05. The van der Waals surface area contributed by atoms with Crippen LogP contribution in [0.25, 0.3) is 11.4 Å². The van der Waals surface area contributed by atoms with E-state index in [1.165, 1.54) is 11.8 Å². The molecule has 0 aliphatic rings. The number of nitrogens with one attached hydrogen (secondary N) is 1. The third kappa shape index (κ3) is 2.43. The molecule has 0 fully saturated rings. The molecule has 20 heavy (non-hydrogen) atoms. The number of nitrogens with two attached hydrogens (primary N) is 1. The molecule has 0 spiro atoms. The molecule has 1 heterocycles. The third-order valence-corrected chi connectivity index (χ3v) is 3.84. The first kappa shape index (κ1) is 12.5. The van der Waals surface area contributed by atoms with Gasteiger partial charge in [-0.1, -0.05) is 23.9 Å². The van der Waals surface area contributed by atoms with E-state index >= 15 is 0 Å². The number of benzene rings is 2. The van der Waals surface area contributed by atoms with Crippen molar-refractivity contribution in [1.82, 2.24) is 20.6 Å². The van der Waals surface area contributed by atoms with Crippen molar-refractivity contribution in [2.45, 2.75) is 9.79 Å². The first-order valence-electron chi connectivity index (χ1n) is 5.83. The molecule has 4 N–H and O–H groups in total. The van der Waals surface area contributed by atoms with E-state index in [0.717, 1.165) is 15.4 Å². The van der Waals surface area contributed by atoms with Crippen molar-refractivity contribution in [3.8, 4) is 17.1 Å². The smallest absolute Gasteiger partial charge is 0.205 e. The van der Waals surface area contributed by atoms with Crippen LogP contribution in [0.5, 0.6) is 5.75 Å². The van der Waals surface area contributed by atoms with Gasteiger partial charge in [-0.2, -0.15) is 5.21 Å². The number of phenolic OH excluding ortho intramolecular Hbond substituents is 1. The summed E-state index contributed by atoms with van der Waals surface area (Å²) in [5, 5.41) is 23.6. The van der Waals surface area contributed by atoms with Crippen LogP contribution in [0, 0.1) is 0 Å². The van der Waals surface area contributed by atoms with Crippen LogP contribution in [-0.4, -0.2) is 25.7 Å². The Kier molecular flexibility index (Phi) is 3.26. The highest BCUT2D eigenvalue weighted by Crippen LogP contribution is 2.38. The van der Waals surface area contributed by atoms with E-state index in [9.17, 15) is 5.11 Å². The molecule has 0 atom stereocenters. The number of H-pyrrole nitrogens is 1. The van der Waals surface area contributed by atoms with E-state index in [0.29, 0.717) is 11.5 Å². The van der Waals surface area contributed by atoms with Gasteiger partial charge in [0.15, 0.2) is 0 Å². The van der Waals surface area contributed by atoms with Gasteiger partial charge in [-0.15, -0.1) is 10.2 Å². The van der Waals surface area contributed by atoms with Crippen LogP contribution in [0.3, 0.4) is 0 Å². The second-order valence-electron chi connectivity index (χ2n) is 4.06. The van der Waals surface area contributed by atoms with Gasteiger partial charge in [0.2, 0.25) is 5.82 Å². The normalized spacial score (nSPS) is 10.6. The molecule has 0 aliphatic carbocycles. The van der Waals surface area contributed by atoms with Crippen LogP contribution in [0.4, 0.5) is 5.69 Å². The fourth-order valence-electron chi connectivity index (χ4n) is 1.75. The molecule has 0 unspecified atom stereocenters. The Morgan fingerprint density at radius 3 is 2.70 bits per heavy atom. The van der Waals surface area contributed by atoms with Crippen LogP contribution in [0.1, 0.15) is 0 Å². The maximum absolute atomic E-state index is 9.67. The number of aromatic amines is 1. The molecule has 2 aromatic carbocycles. The number of aromatic nitrogens is 4. The van der Waals surface area contributed by atoms with Gasteiger partial charge in [0.25, 0.3) is 0 Å². The predicted molar refractivity (Wildman–Crippen MR) is 76.3 cm³/mol. The largest absolute Gasteiger partial charge is 0.508 e. The second kappa shape index (κ2) is 5.22. The SMILES string of the molecule is Nc1ccccc1Sc1cc(O)ccc1-c1nn[nH]n1. The highest BCUT2D eigenvalue weighted by molar-refractivity contribution is 7.99. The fourth-order valence-corrected chi connectivity index (χ4v) is 2.77. The molecular formula is C13H11N5OS. The summed E-state index contributed by atoms with van der Waals surface area (Å²) >= 11 is 1.45. The quantitative estimate of drug-likeness (QED) is 0.638. The lowest BCUT2D eigenvalue weighted by Gasteiger charge is -2.08. The maximum Gasteiger partial charge on any atom is 0.205 e. The van der Waals surface area contributed by atoms with Crippen molar-refractivity contribution in [1.29, 1.82) is 0 Å².